The summed E-state index contributed by atoms with van der Waals surface area (Å²) >= 11 is 1.67. The van der Waals surface area contributed by atoms with Crippen LogP contribution in [-0.4, -0.2) is 55.0 Å². The number of likely N-dealkylation sites (tertiary alicyclic amines) is 1. The predicted octanol–water partition coefficient (Wildman–Crippen LogP) is 1.01. The standard InChI is InChI=1S/C14H22N4O2S/c1-17(2)11(12-6-4-8-21-12)9-16-14(20)18-7-3-5-10(18)13(15)19/h4,6,8,10-11H,3,5,7,9H2,1-2H3,(H2,15,19)(H,16,20)/t10-,11+/m1/s1. The molecule has 1 fully saturated rings. The molecule has 0 aromatic carbocycles. The van der Waals surface area contributed by atoms with Gasteiger partial charge in [0.15, 0.2) is 0 Å². The molecule has 1 aliphatic heterocycles. The van der Waals surface area contributed by atoms with Crippen molar-refractivity contribution >= 4 is 23.3 Å². The maximum Gasteiger partial charge on any atom is 0.318 e. The molecule has 116 valence electrons. The number of nitrogens with zero attached hydrogens (tertiary/aromatic N) is 2. The predicted molar refractivity (Wildman–Crippen MR) is 83.1 cm³/mol. The van der Waals surface area contributed by atoms with Crippen molar-refractivity contribution < 1.29 is 9.59 Å². The monoisotopic (exact) mass is 310 g/mol. The fourth-order valence-electron chi connectivity index (χ4n) is 2.61. The number of carbonyl (C=O) groups excluding carboxylic acids is 2. The zero-order valence-electron chi connectivity index (χ0n) is 12.4. The van der Waals surface area contributed by atoms with Crippen LogP contribution < -0.4 is 11.1 Å². The average Bonchev–Trinajstić information content (AvgIpc) is 3.09. The normalized spacial score (nSPS) is 19.8. The fraction of sp³-hybridized carbons (Fsp3) is 0.571. The SMILES string of the molecule is CN(C)[C@@H](CNC(=O)N1CCC[C@@H]1C(N)=O)c1cccs1. The van der Waals surface area contributed by atoms with Gasteiger partial charge in [-0.25, -0.2) is 4.79 Å². The van der Waals surface area contributed by atoms with Crippen LogP contribution >= 0.6 is 11.3 Å². The molecule has 2 atom stereocenters. The van der Waals surface area contributed by atoms with E-state index in [4.69, 9.17) is 5.73 Å². The second-order valence-corrected chi connectivity index (χ2v) is 6.41. The molecule has 6 nitrogen and oxygen atoms in total. The van der Waals surface area contributed by atoms with Crippen molar-refractivity contribution in [3.63, 3.8) is 0 Å². The Morgan fingerprint density at radius 3 is 2.90 bits per heavy atom. The highest BCUT2D eigenvalue weighted by atomic mass is 32.1. The van der Waals surface area contributed by atoms with E-state index >= 15 is 0 Å². The van der Waals surface area contributed by atoms with Crippen LogP contribution in [0.15, 0.2) is 17.5 Å². The molecule has 0 unspecified atom stereocenters. The van der Waals surface area contributed by atoms with E-state index < -0.39 is 11.9 Å². The average molecular weight is 310 g/mol. The summed E-state index contributed by atoms with van der Waals surface area (Å²) in [5, 5.41) is 4.95. The van der Waals surface area contributed by atoms with E-state index in [-0.39, 0.29) is 12.1 Å². The van der Waals surface area contributed by atoms with Crippen molar-refractivity contribution in [3.05, 3.63) is 22.4 Å². The summed E-state index contributed by atoms with van der Waals surface area (Å²) in [6, 6.07) is 3.51. The summed E-state index contributed by atoms with van der Waals surface area (Å²) < 4.78 is 0. The molecule has 1 aromatic heterocycles. The first-order valence-electron chi connectivity index (χ1n) is 7.04. The molecule has 1 aromatic rings. The van der Waals surface area contributed by atoms with Gasteiger partial charge in [-0.1, -0.05) is 6.07 Å². The molecule has 0 aliphatic carbocycles. The smallest absolute Gasteiger partial charge is 0.318 e. The molecule has 0 saturated carbocycles. The number of nitrogens with one attached hydrogen (secondary N) is 1. The molecule has 0 radical (unpaired) electrons. The van der Waals surface area contributed by atoms with Crippen molar-refractivity contribution in [1.82, 2.24) is 15.1 Å². The maximum absolute atomic E-state index is 12.2. The summed E-state index contributed by atoms with van der Waals surface area (Å²) in [7, 11) is 3.97. The van der Waals surface area contributed by atoms with Gasteiger partial charge in [0.25, 0.3) is 0 Å². The zero-order valence-corrected chi connectivity index (χ0v) is 13.2. The van der Waals surface area contributed by atoms with Crippen LogP contribution in [0.3, 0.4) is 0 Å². The van der Waals surface area contributed by atoms with Crippen molar-refractivity contribution in [2.24, 2.45) is 5.73 Å². The van der Waals surface area contributed by atoms with E-state index in [9.17, 15) is 9.59 Å². The second-order valence-electron chi connectivity index (χ2n) is 5.43. The van der Waals surface area contributed by atoms with Crippen LogP contribution in [0.1, 0.15) is 23.8 Å². The third-order valence-corrected chi connectivity index (χ3v) is 4.76. The molecule has 21 heavy (non-hydrogen) atoms. The fourth-order valence-corrected chi connectivity index (χ4v) is 3.53. The summed E-state index contributed by atoms with van der Waals surface area (Å²) in [4.78, 5) is 28.4. The van der Waals surface area contributed by atoms with E-state index in [1.165, 1.54) is 4.88 Å². The van der Waals surface area contributed by atoms with Crippen molar-refractivity contribution in [2.75, 3.05) is 27.2 Å². The van der Waals surface area contributed by atoms with E-state index in [1.807, 2.05) is 25.5 Å². The van der Waals surface area contributed by atoms with Crippen molar-refractivity contribution in [2.45, 2.75) is 24.9 Å². The summed E-state index contributed by atoms with van der Waals surface area (Å²) in [5.74, 6) is -0.426. The Hall–Kier alpha value is -1.60. The van der Waals surface area contributed by atoms with Crippen LogP contribution in [0, 0.1) is 0 Å². The maximum atomic E-state index is 12.2. The summed E-state index contributed by atoms with van der Waals surface area (Å²) in [6.45, 7) is 1.10. The molecule has 3 N–H and O–H groups in total. The van der Waals surface area contributed by atoms with Crippen molar-refractivity contribution in [1.29, 1.82) is 0 Å². The quantitative estimate of drug-likeness (QED) is 0.852. The lowest BCUT2D eigenvalue weighted by Crippen LogP contribution is -2.49. The number of nitrogens with two attached hydrogens (primary N) is 1. The lowest BCUT2D eigenvalue weighted by Gasteiger charge is -2.27. The zero-order chi connectivity index (χ0) is 15.4. The number of hydrogen-bond acceptors (Lipinski definition) is 4. The molecule has 1 saturated heterocycles. The Kier molecular flexibility index (Phi) is 5.19. The molecule has 1 aliphatic rings. The Morgan fingerprint density at radius 2 is 2.33 bits per heavy atom. The highest BCUT2D eigenvalue weighted by molar-refractivity contribution is 7.10. The Morgan fingerprint density at radius 1 is 1.57 bits per heavy atom. The first-order valence-corrected chi connectivity index (χ1v) is 7.92. The van der Waals surface area contributed by atoms with Gasteiger partial charge in [-0.05, 0) is 38.4 Å². The number of urea groups is 1. The van der Waals surface area contributed by atoms with Gasteiger partial charge in [0, 0.05) is 18.0 Å². The number of likely N-dealkylation sites (N-methyl/N-ethyl adjacent to an activating group) is 1. The van der Waals surface area contributed by atoms with Gasteiger partial charge in [0.2, 0.25) is 5.91 Å². The minimum absolute atomic E-state index is 0.128. The van der Waals surface area contributed by atoms with E-state index in [0.717, 1.165) is 6.42 Å². The lowest BCUT2D eigenvalue weighted by molar-refractivity contribution is -0.121. The highest BCUT2D eigenvalue weighted by Crippen LogP contribution is 2.23. The number of rotatable bonds is 5. The molecule has 7 heteroatoms. The first kappa shape index (κ1) is 15.8. The Balaban J connectivity index is 1.95. The van der Waals surface area contributed by atoms with Gasteiger partial charge in [0.05, 0.1) is 6.04 Å². The number of amides is 3. The Bertz CT molecular complexity index is 489. The number of thiophene rings is 1. The second kappa shape index (κ2) is 6.91. The van der Waals surface area contributed by atoms with Crippen LogP contribution in [0.25, 0.3) is 0 Å². The van der Waals surface area contributed by atoms with Gasteiger partial charge < -0.3 is 20.9 Å². The van der Waals surface area contributed by atoms with Crippen LogP contribution in [0.2, 0.25) is 0 Å². The number of hydrogen-bond donors (Lipinski definition) is 2. The molecule has 0 spiro atoms. The van der Waals surface area contributed by atoms with E-state index in [1.54, 1.807) is 16.2 Å². The third-order valence-electron chi connectivity index (χ3n) is 3.78. The first-order chi connectivity index (χ1) is 10.0. The minimum Gasteiger partial charge on any atom is -0.368 e. The van der Waals surface area contributed by atoms with E-state index in [0.29, 0.717) is 19.5 Å². The molecule has 2 heterocycles. The largest absolute Gasteiger partial charge is 0.368 e. The van der Waals surface area contributed by atoms with Crippen LogP contribution in [-0.2, 0) is 4.79 Å². The van der Waals surface area contributed by atoms with Gasteiger partial charge in [-0.3, -0.25) is 4.79 Å². The van der Waals surface area contributed by atoms with Gasteiger partial charge >= 0.3 is 6.03 Å². The van der Waals surface area contributed by atoms with Crippen LogP contribution in [0.4, 0.5) is 4.79 Å². The van der Waals surface area contributed by atoms with Gasteiger partial charge in [-0.2, -0.15) is 0 Å². The molecule has 0 bridgehead atoms. The molecular formula is C14H22N4O2S. The van der Waals surface area contributed by atoms with Crippen LogP contribution in [0.5, 0.6) is 0 Å². The highest BCUT2D eigenvalue weighted by Gasteiger charge is 2.32. The topological polar surface area (TPSA) is 78.7 Å². The summed E-state index contributed by atoms with van der Waals surface area (Å²) in [5.41, 5.74) is 5.34. The molecule has 3 amide bonds. The third kappa shape index (κ3) is 3.74. The summed E-state index contributed by atoms with van der Waals surface area (Å²) in [6.07, 6.45) is 1.48. The van der Waals surface area contributed by atoms with E-state index in [2.05, 4.69) is 16.3 Å². The lowest BCUT2D eigenvalue weighted by atomic mass is 10.2. The minimum atomic E-state index is -0.468. The Labute approximate surface area is 128 Å². The molecule has 2 rings (SSSR count). The number of carbonyl (C=O) groups is 2. The number of primary amides is 1. The van der Waals surface area contributed by atoms with Crippen molar-refractivity contribution in [3.8, 4) is 0 Å². The van der Waals surface area contributed by atoms with Gasteiger partial charge in [-0.15, -0.1) is 11.3 Å². The van der Waals surface area contributed by atoms with Gasteiger partial charge in [0.1, 0.15) is 6.04 Å². The molecular weight excluding hydrogens is 288 g/mol.